The molecule has 0 aliphatic rings. The van der Waals surface area contributed by atoms with Crippen LogP contribution >= 0.6 is 27.5 Å². The van der Waals surface area contributed by atoms with Gasteiger partial charge in [0.2, 0.25) is 0 Å². The highest BCUT2D eigenvalue weighted by Gasteiger charge is 2.20. The molecule has 1 aromatic heterocycles. The zero-order chi connectivity index (χ0) is 12.1. The van der Waals surface area contributed by atoms with Gasteiger partial charge in [-0.3, -0.25) is 4.79 Å². The molecule has 0 saturated carbocycles. The van der Waals surface area contributed by atoms with Gasteiger partial charge in [0.05, 0.1) is 0 Å². The van der Waals surface area contributed by atoms with Crippen LogP contribution in [0.5, 0.6) is 0 Å². The fraction of sp³-hybridized carbons (Fsp3) is 0.545. The molecule has 16 heavy (non-hydrogen) atoms. The summed E-state index contributed by atoms with van der Waals surface area (Å²) in [6, 6.07) is 3.52. The lowest BCUT2D eigenvalue weighted by Crippen LogP contribution is -2.37. The second-order valence-corrected chi connectivity index (χ2v) is 4.90. The van der Waals surface area contributed by atoms with Gasteiger partial charge in [-0.2, -0.15) is 0 Å². The Kier molecular flexibility index (Phi) is 5.35. The predicted molar refractivity (Wildman–Crippen MR) is 67.9 cm³/mol. The van der Waals surface area contributed by atoms with Gasteiger partial charge < -0.3 is 9.32 Å². The largest absolute Gasteiger partial charge is 0.444 e. The van der Waals surface area contributed by atoms with Crippen molar-refractivity contribution in [3.05, 3.63) is 22.6 Å². The van der Waals surface area contributed by atoms with Crippen LogP contribution in [0.1, 0.15) is 30.8 Å². The molecule has 90 valence electrons. The van der Waals surface area contributed by atoms with Gasteiger partial charge in [-0.15, -0.1) is 11.6 Å². The number of hydrogen-bond donors (Lipinski definition) is 0. The monoisotopic (exact) mass is 307 g/mol. The van der Waals surface area contributed by atoms with Gasteiger partial charge >= 0.3 is 0 Å². The zero-order valence-electron chi connectivity index (χ0n) is 9.37. The third-order valence-electron chi connectivity index (χ3n) is 2.20. The third kappa shape index (κ3) is 3.52. The quantitative estimate of drug-likeness (QED) is 0.780. The number of carbonyl (C=O) groups excluding carboxylic acids is 1. The molecule has 0 fully saturated rings. The van der Waals surface area contributed by atoms with Crippen molar-refractivity contribution in [1.82, 2.24) is 4.90 Å². The molecule has 0 radical (unpaired) electrons. The van der Waals surface area contributed by atoms with Gasteiger partial charge in [-0.05, 0) is 48.3 Å². The molecule has 0 atom stereocenters. The van der Waals surface area contributed by atoms with E-state index in [0.717, 1.165) is 6.42 Å². The van der Waals surface area contributed by atoms with E-state index >= 15 is 0 Å². The molecule has 1 aromatic rings. The first kappa shape index (κ1) is 13.6. The highest BCUT2D eigenvalue weighted by atomic mass is 79.9. The third-order valence-corrected chi connectivity index (χ3v) is 2.89. The van der Waals surface area contributed by atoms with Gasteiger partial charge in [-0.1, -0.05) is 0 Å². The molecule has 1 amide bonds. The molecule has 0 N–H and O–H groups in total. The van der Waals surface area contributed by atoms with Gasteiger partial charge in [0.15, 0.2) is 10.4 Å². The van der Waals surface area contributed by atoms with Crippen LogP contribution in [0.2, 0.25) is 0 Å². The van der Waals surface area contributed by atoms with Crippen LogP contribution in [0, 0.1) is 0 Å². The van der Waals surface area contributed by atoms with Crippen molar-refractivity contribution in [3.8, 4) is 0 Å². The molecule has 0 aliphatic heterocycles. The minimum Gasteiger partial charge on any atom is -0.444 e. The normalized spacial score (nSPS) is 10.8. The fourth-order valence-electron chi connectivity index (χ4n) is 1.40. The van der Waals surface area contributed by atoms with E-state index in [2.05, 4.69) is 15.9 Å². The van der Waals surface area contributed by atoms with Crippen LogP contribution in [0.3, 0.4) is 0 Å². The van der Waals surface area contributed by atoms with Crippen LogP contribution in [0.15, 0.2) is 21.2 Å². The van der Waals surface area contributed by atoms with E-state index in [0.29, 0.717) is 22.9 Å². The number of halogens is 2. The Balaban J connectivity index is 2.74. The SMILES string of the molecule is CC(C)N(CCCCl)C(=O)c1ccc(Br)o1. The summed E-state index contributed by atoms with van der Waals surface area (Å²) in [5, 5.41) is 0. The fourth-order valence-corrected chi connectivity index (χ4v) is 1.82. The lowest BCUT2D eigenvalue weighted by atomic mass is 10.2. The average molecular weight is 309 g/mol. The van der Waals surface area contributed by atoms with Gasteiger partial charge in [0, 0.05) is 18.5 Å². The number of rotatable bonds is 5. The molecule has 1 heterocycles. The summed E-state index contributed by atoms with van der Waals surface area (Å²) in [4.78, 5) is 13.8. The molecule has 0 unspecified atom stereocenters. The molecular weight excluding hydrogens is 293 g/mol. The van der Waals surface area contributed by atoms with Crippen molar-refractivity contribution in [1.29, 1.82) is 0 Å². The van der Waals surface area contributed by atoms with E-state index in [1.807, 2.05) is 13.8 Å². The minimum atomic E-state index is -0.0918. The van der Waals surface area contributed by atoms with Crippen LogP contribution < -0.4 is 0 Å². The highest BCUT2D eigenvalue weighted by Crippen LogP contribution is 2.17. The first-order valence-electron chi connectivity index (χ1n) is 5.18. The molecule has 0 bridgehead atoms. The number of carbonyl (C=O) groups is 1. The van der Waals surface area contributed by atoms with Crippen molar-refractivity contribution in [2.24, 2.45) is 0 Å². The smallest absolute Gasteiger partial charge is 0.289 e. The maximum atomic E-state index is 12.1. The summed E-state index contributed by atoms with van der Waals surface area (Å²) in [5.74, 6) is 0.819. The Morgan fingerprint density at radius 2 is 2.25 bits per heavy atom. The standard InChI is InChI=1S/C11H15BrClNO2/c1-8(2)14(7-3-6-13)11(15)9-4-5-10(12)16-9/h4-5,8H,3,6-7H2,1-2H3. The molecule has 1 rings (SSSR count). The van der Waals surface area contributed by atoms with Gasteiger partial charge in [0.1, 0.15) is 0 Å². The summed E-state index contributed by atoms with van der Waals surface area (Å²) in [6.07, 6.45) is 0.785. The molecule has 0 spiro atoms. The van der Waals surface area contributed by atoms with Crippen LogP contribution in [0.4, 0.5) is 0 Å². The summed E-state index contributed by atoms with van der Waals surface area (Å²) < 4.78 is 5.82. The van der Waals surface area contributed by atoms with E-state index in [-0.39, 0.29) is 11.9 Å². The Bertz CT molecular complexity index is 352. The number of nitrogens with zero attached hydrogens (tertiary/aromatic N) is 1. The molecular formula is C11H15BrClNO2. The topological polar surface area (TPSA) is 33.5 Å². The first-order valence-corrected chi connectivity index (χ1v) is 6.51. The Labute approximate surface area is 109 Å². The molecule has 0 aromatic carbocycles. The Morgan fingerprint density at radius 1 is 1.56 bits per heavy atom. The van der Waals surface area contributed by atoms with Gasteiger partial charge in [-0.25, -0.2) is 0 Å². The van der Waals surface area contributed by atoms with E-state index < -0.39 is 0 Å². The maximum absolute atomic E-state index is 12.1. The second kappa shape index (κ2) is 6.30. The Morgan fingerprint density at radius 3 is 2.69 bits per heavy atom. The van der Waals surface area contributed by atoms with Crippen LogP contribution in [0.25, 0.3) is 0 Å². The summed E-state index contributed by atoms with van der Waals surface area (Å²) in [6.45, 7) is 4.60. The number of furan rings is 1. The van der Waals surface area contributed by atoms with Crippen molar-refractivity contribution in [2.75, 3.05) is 12.4 Å². The zero-order valence-corrected chi connectivity index (χ0v) is 11.7. The molecule has 0 aliphatic carbocycles. The summed E-state index contributed by atoms with van der Waals surface area (Å²) in [5.41, 5.74) is 0. The van der Waals surface area contributed by atoms with E-state index in [1.54, 1.807) is 17.0 Å². The van der Waals surface area contributed by atoms with Crippen LogP contribution in [-0.4, -0.2) is 29.3 Å². The number of amides is 1. The Hall–Kier alpha value is -0.480. The average Bonchev–Trinajstić information content (AvgIpc) is 2.64. The van der Waals surface area contributed by atoms with Gasteiger partial charge in [0.25, 0.3) is 5.91 Å². The van der Waals surface area contributed by atoms with Crippen molar-refractivity contribution >= 4 is 33.4 Å². The maximum Gasteiger partial charge on any atom is 0.289 e. The molecule has 5 heteroatoms. The lowest BCUT2D eigenvalue weighted by Gasteiger charge is -2.25. The lowest BCUT2D eigenvalue weighted by molar-refractivity contribution is 0.0672. The summed E-state index contributed by atoms with van der Waals surface area (Å²) in [7, 11) is 0. The second-order valence-electron chi connectivity index (χ2n) is 3.74. The van der Waals surface area contributed by atoms with E-state index in [9.17, 15) is 4.79 Å². The number of hydrogen-bond acceptors (Lipinski definition) is 2. The van der Waals surface area contributed by atoms with Crippen LogP contribution in [-0.2, 0) is 0 Å². The van der Waals surface area contributed by atoms with Crippen molar-refractivity contribution in [2.45, 2.75) is 26.3 Å². The van der Waals surface area contributed by atoms with Crippen molar-refractivity contribution < 1.29 is 9.21 Å². The highest BCUT2D eigenvalue weighted by molar-refractivity contribution is 9.10. The van der Waals surface area contributed by atoms with E-state index in [1.165, 1.54) is 0 Å². The minimum absolute atomic E-state index is 0.0918. The van der Waals surface area contributed by atoms with Crippen molar-refractivity contribution in [3.63, 3.8) is 0 Å². The molecule has 3 nitrogen and oxygen atoms in total. The molecule has 0 saturated heterocycles. The first-order chi connectivity index (χ1) is 7.56. The summed E-state index contributed by atoms with van der Waals surface area (Å²) >= 11 is 8.82. The van der Waals surface area contributed by atoms with E-state index in [4.69, 9.17) is 16.0 Å². The predicted octanol–water partition coefficient (Wildman–Crippen LogP) is 3.52. The number of alkyl halides is 1.